The van der Waals surface area contributed by atoms with Crippen LogP contribution in [0.4, 0.5) is 0 Å². The lowest BCUT2D eigenvalue weighted by molar-refractivity contribution is -0.119. The quantitative estimate of drug-likeness (QED) is 0.739. The van der Waals surface area contributed by atoms with Crippen molar-refractivity contribution < 1.29 is 4.79 Å². The van der Waals surface area contributed by atoms with Crippen LogP contribution in [0.5, 0.6) is 0 Å². The van der Waals surface area contributed by atoms with E-state index in [2.05, 4.69) is 26.1 Å². The lowest BCUT2D eigenvalue weighted by atomic mass is 9.93. The van der Waals surface area contributed by atoms with Gasteiger partial charge in [-0.1, -0.05) is 20.8 Å². The van der Waals surface area contributed by atoms with Crippen LogP contribution in [-0.2, 0) is 4.79 Å². The smallest absolute Gasteiger partial charge is 0.217 e. The molecule has 3 heteroatoms. The maximum absolute atomic E-state index is 10.9. The van der Waals surface area contributed by atoms with Gasteiger partial charge < -0.3 is 5.32 Å². The molecule has 13 heavy (non-hydrogen) atoms. The molecular weight excluding hydrogens is 182 g/mol. The van der Waals surface area contributed by atoms with E-state index < -0.39 is 0 Å². The predicted molar refractivity (Wildman–Crippen MR) is 57.9 cm³/mol. The first-order valence-corrected chi connectivity index (χ1v) is 5.96. The molecular formula is C10H19NOS. The summed E-state index contributed by atoms with van der Waals surface area (Å²) in [7, 11) is 0. The average Bonchev–Trinajstić information content (AvgIpc) is 2.32. The molecule has 0 aliphatic carbocycles. The molecule has 1 aliphatic rings. The standard InChI is InChI=1S/C10H19NOS/c1-6(2)10-7(3)9(5-13-10)11-8(4)12/h6-7,9-10H,5H2,1-4H3,(H,11,12)/t7-,9-,10?/m0/s1. The van der Waals surface area contributed by atoms with Gasteiger partial charge in [0, 0.05) is 24.0 Å². The third-order valence-electron chi connectivity index (χ3n) is 2.67. The maximum Gasteiger partial charge on any atom is 0.217 e. The van der Waals surface area contributed by atoms with Gasteiger partial charge in [-0.05, 0) is 11.8 Å². The second-order valence-electron chi connectivity index (χ2n) is 4.21. The maximum atomic E-state index is 10.9. The van der Waals surface area contributed by atoms with Crippen LogP contribution in [-0.4, -0.2) is 23.0 Å². The Hall–Kier alpha value is -0.180. The highest BCUT2D eigenvalue weighted by molar-refractivity contribution is 8.00. The van der Waals surface area contributed by atoms with Gasteiger partial charge in [-0.3, -0.25) is 4.79 Å². The number of carbonyl (C=O) groups is 1. The summed E-state index contributed by atoms with van der Waals surface area (Å²) in [5, 5.41) is 3.72. The van der Waals surface area contributed by atoms with E-state index in [1.54, 1.807) is 6.92 Å². The Morgan fingerprint density at radius 3 is 2.54 bits per heavy atom. The van der Waals surface area contributed by atoms with Gasteiger partial charge in [-0.2, -0.15) is 11.8 Å². The van der Waals surface area contributed by atoms with Crippen LogP contribution in [0.15, 0.2) is 0 Å². The van der Waals surface area contributed by atoms with Gasteiger partial charge in [0.1, 0.15) is 0 Å². The van der Waals surface area contributed by atoms with E-state index in [1.165, 1.54) is 0 Å². The van der Waals surface area contributed by atoms with Gasteiger partial charge in [-0.15, -0.1) is 0 Å². The number of nitrogens with one attached hydrogen (secondary N) is 1. The molecule has 0 aromatic heterocycles. The highest BCUT2D eigenvalue weighted by Gasteiger charge is 2.35. The number of hydrogen-bond acceptors (Lipinski definition) is 2. The fraction of sp³-hybridized carbons (Fsp3) is 0.900. The summed E-state index contributed by atoms with van der Waals surface area (Å²) >= 11 is 1.99. The third kappa shape index (κ3) is 2.63. The number of carbonyl (C=O) groups excluding carboxylic acids is 1. The molecule has 1 aliphatic heterocycles. The minimum Gasteiger partial charge on any atom is -0.352 e. The zero-order valence-electron chi connectivity index (χ0n) is 8.83. The fourth-order valence-electron chi connectivity index (χ4n) is 1.98. The van der Waals surface area contributed by atoms with Crippen molar-refractivity contribution in [2.75, 3.05) is 5.75 Å². The summed E-state index contributed by atoms with van der Waals surface area (Å²) in [5.41, 5.74) is 0. The molecule has 76 valence electrons. The highest BCUT2D eigenvalue weighted by atomic mass is 32.2. The molecule has 1 rings (SSSR count). The molecule has 0 radical (unpaired) electrons. The molecule has 0 aromatic rings. The monoisotopic (exact) mass is 201 g/mol. The molecule has 0 saturated carbocycles. The summed E-state index contributed by atoms with van der Waals surface area (Å²) in [5.74, 6) is 2.48. The van der Waals surface area contributed by atoms with Crippen molar-refractivity contribution in [2.24, 2.45) is 11.8 Å². The molecule has 1 unspecified atom stereocenters. The number of hydrogen-bond donors (Lipinski definition) is 1. The molecule has 1 saturated heterocycles. The summed E-state index contributed by atoms with van der Waals surface area (Å²) in [4.78, 5) is 10.9. The van der Waals surface area contributed by atoms with Crippen molar-refractivity contribution in [1.82, 2.24) is 5.32 Å². The summed E-state index contributed by atoms with van der Waals surface area (Å²) in [6.45, 7) is 8.35. The van der Waals surface area contributed by atoms with Crippen molar-refractivity contribution in [1.29, 1.82) is 0 Å². The largest absolute Gasteiger partial charge is 0.352 e. The first kappa shape index (κ1) is 10.9. The van der Waals surface area contributed by atoms with Gasteiger partial charge in [0.05, 0.1) is 0 Å². The van der Waals surface area contributed by atoms with Crippen LogP contribution in [0.3, 0.4) is 0 Å². The van der Waals surface area contributed by atoms with E-state index >= 15 is 0 Å². The minimum atomic E-state index is 0.0989. The van der Waals surface area contributed by atoms with Crippen molar-refractivity contribution in [2.45, 2.75) is 39.0 Å². The lowest BCUT2D eigenvalue weighted by Gasteiger charge is -2.22. The first-order valence-electron chi connectivity index (χ1n) is 4.91. The Bertz CT molecular complexity index is 193. The van der Waals surface area contributed by atoms with E-state index in [0.717, 1.165) is 5.75 Å². The van der Waals surface area contributed by atoms with Gasteiger partial charge in [0.2, 0.25) is 5.91 Å². The molecule has 1 fully saturated rings. The average molecular weight is 201 g/mol. The summed E-state index contributed by atoms with van der Waals surface area (Å²) in [6.07, 6.45) is 0. The Labute approximate surface area is 84.9 Å². The summed E-state index contributed by atoms with van der Waals surface area (Å²) < 4.78 is 0. The second-order valence-corrected chi connectivity index (χ2v) is 5.42. The van der Waals surface area contributed by atoms with Gasteiger partial charge >= 0.3 is 0 Å². The normalized spacial score (nSPS) is 33.8. The lowest BCUT2D eigenvalue weighted by Crippen LogP contribution is -2.39. The SMILES string of the molecule is CC(=O)N[C@H]1CSC(C(C)C)[C@H]1C. The van der Waals surface area contributed by atoms with Crippen molar-refractivity contribution in [3.63, 3.8) is 0 Å². The summed E-state index contributed by atoms with van der Waals surface area (Å²) in [6, 6.07) is 0.384. The van der Waals surface area contributed by atoms with E-state index in [9.17, 15) is 4.79 Å². The number of thioether (sulfide) groups is 1. The number of amides is 1. The molecule has 0 spiro atoms. The minimum absolute atomic E-state index is 0.0989. The molecule has 3 atom stereocenters. The molecule has 1 heterocycles. The van der Waals surface area contributed by atoms with E-state index in [4.69, 9.17) is 0 Å². The van der Waals surface area contributed by atoms with Crippen LogP contribution < -0.4 is 5.32 Å². The topological polar surface area (TPSA) is 29.1 Å². The molecule has 0 aromatic carbocycles. The van der Waals surface area contributed by atoms with Gasteiger partial charge in [0.25, 0.3) is 0 Å². The molecule has 1 N–H and O–H groups in total. The Morgan fingerprint density at radius 2 is 2.15 bits per heavy atom. The second kappa shape index (κ2) is 4.36. The third-order valence-corrected chi connectivity index (χ3v) is 4.58. The zero-order chi connectivity index (χ0) is 10.0. The Balaban J connectivity index is 2.49. The van der Waals surface area contributed by atoms with Crippen molar-refractivity contribution >= 4 is 17.7 Å². The van der Waals surface area contributed by atoms with Crippen LogP contribution >= 0.6 is 11.8 Å². The van der Waals surface area contributed by atoms with Crippen molar-refractivity contribution in [3.05, 3.63) is 0 Å². The van der Waals surface area contributed by atoms with Crippen molar-refractivity contribution in [3.8, 4) is 0 Å². The molecule has 2 nitrogen and oxygen atoms in total. The van der Waals surface area contributed by atoms with Crippen LogP contribution in [0.2, 0.25) is 0 Å². The van der Waals surface area contributed by atoms with Gasteiger partial charge in [-0.25, -0.2) is 0 Å². The molecule has 0 bridgehead atoms. The zero-order valence-corrected chi connectivity index (χ0v) is 9.65. The Morgan fingerprint density at radius 1 is 1.54 bits per heavy atom. The van der Waals surface area contributed by atoms with Crippen LogP contribution in [0.25, 0.3) is 0 Å². The molecule has 1 amide bonds. The van der Waals surface area contributed by atoms with Crippen LogP contribution in [0.1, 0.15) is 27.7 Å². The van der Waals surface area contributed by atoms with E-state index in [-0.39, 0.29) is 5.91 Å². The number of rotatable bonds is 2. The van der Waals surface area contributed by atoms with Crippen LogP contribution in [0, 0.1) is 11.8 Å². The predicted octanol–water partition coefficient (Wildman–Crippen LogP) is 1.90. The van der Waals surface area contributed by atoms with E-state index in [1.807, 2.05) is 11.8 Å². The van der Waals surface area contributed by atoms with Gasteiger partial charge in [0.15, 0.2) is 0 Å². The fourth-order valence-corrected chi connectivity index (χ4v) is 3.68. The van der Waals surface area contributed by atoms with E-state index in [0.29, 0.717) is 23.1 Å². The highest BCUT2D eigenvalue weighted by Crippen LogP contribution is 2.36. The Kier molecular flexibility index (Phi) is 3.65. The first-order chi connectivity index (χ1) is 6.02.